The summed E-state index contributed by atoms with van der Waals surface area (Å²) in [5, 5.41) is 0. The van der Waals surface area contributed by atoms with Crippen LogP contribution in [0.15, 0.2) is 27.4 Å². The molecule has 0 saturated carbocycles. The van der Waals surface area contributed by atoms with Crippen molar-refractivity contribution in [2.75, 3.05) is 5.73 Å². The third-order valence-electron chi connectivity index (χ3n) is 2.39. The number of halogens is 2. The van der Waals surface area contributed by atoms with Crippen LogP contribution >= 0.6 is 31.9 Å². The van der Waals surface area contributed by atoms with Crippen molar-refractivity contribution < 1.29 is 0 Å². The summed E-state index contributed by atoms with van der Waals surface area (Å²) in [6.45, 7) is 0. The van der Waals surface area contributed by atoms with Crippen molar-refractivity contribution in [2.24, 2.45) is 0 Å². The van der Waals surface area contributed by atoms with Crippen LogP contribution in [-0.4, -0.2) is 19.9 Å². The Bertz CT molecular complexity index is 700. The lowest BCUT2D eigenvalue weighted by molar-refractivity contribution is 1.27. The zero-order chi connectivity index (χ0) is 12.0. The summed E-state index contributed by atoms with van der Waals surface area (Å²) in [5.74, 6) is 0.385. The standard InChI is InChI=1S/C10H7Br2N5/c11-4-3-6(12)16-7(4)9-8-5(1-2-14-9)15-10(13)17-8/h1-3,16H,(H3,13,15,17). The maximum absolute atomic E-state index is 5.66. The largest absolute Gasteiger partial charge is 0.369 e. The SMILES string of the molecule is Nc1nc2c(-c3[nH]c(Br)cc3Br)nccc2[nH]1. The van der Waals surface area contributed by atoms with E-state index < -0.39 is 0 Å². The van der Waals surface area contributed by atoms with E-state index in [1.165, 1.54) is 0 Å². The topological polar surface area (TPSA) is 83.4 Å². The summed E-state index contributed by atoms with van der Waals surface area (Å²) in [4.78, 5) is 14.7. The molecule has 0 aromatic carbocycles. The van der Waals surface area contributed by atoms with Crippen molar-refractivity contribution in [3.63, 3.8) is 0 Å². The molecule has 7 heteroatoms. The van der Waals surface area contributed by atoms with Crippen LogP contribution in [0.1, 0.15) is 0 Å². The predicted molar refractivity (Wildman–Crippen MR) is 73.5 cm³/mol. The van der Waals surface area contributed by atoms with Crippen molar-refractivity contribution in [1.29, 1.82) is 0 Å². The lowest BCUT2D eigenvalue weighted by Gasteiger charge is -1.99. The fourth-order valence-corrected chi connectivity index (χ4v) is 2.96. The van der Waals surface area contributed by atoms with Crippen LogP contribution in [0.2, 0.25) is 0 Å². The van der Waals surface area contributed by atoms with E-state index in [-0.39, 0.29) is 0 Å². The zero-order valence-corrected chi connectivity index (χ0v) is 11.6. The van der Waals surface area contributed by atoms with E-state index in [2.05, 4.69) is 51.8 Å². The Hall–Kier alpha value is -1.34. The summed E-state index contributed by atoms with van der Waals surface area (Å²) in [7, 11) is 0. The van der Waals surface area contributed by atoms with Crippen molar-refractivity contribution >= 4 is 48.8 Å². The molecule has 3 aromatic rings. The number of nitrogens with one attached hydrogen (secondary N) is 2. The predicted octanol–water partition coefficient (Wildman–Crippen LogP) is 3.06. The summed E-state index contributed by atoms with van der Waals surface area (Å²) >= 11 is 6.86. The van der Waals surface area contributed by atoms with Crippen molar-refractivity contribution in [2.45, 2.75) is 0 Å². The molecule has 0 fully saturated rings. The first kappa shape index (κ1) is 10.8. The van der Waals surface area contributed by atoms with Gasteiger partial charge in [0.2, 0.25) is 0 Å². The molecule has 0 radical (unpaired) electrons. The van der Waals surface area contributed by atoms with Gasteiger partial charge in [0.25, 0.3) is 0 Å². The van der Waals surface area contributed by atoms with Gasteiger partial charge in [-0.05, 0) is 44.0 Å². The van der Waals surface area contributed by atoms with Crippen LogP contribution in [0, 0.1) is 0 Å². The minimum absolute atomic E-state index is 0.385. The second-order valence-electron chi connectivity index (χ2n) is 3.52. The van der Waals surface area contributed by atoms with E-state index in [4.69, 9.17) is 5.73 Å². The molecule has 0 unspecified atom stereocenters. The van der Waals surface area contributed by atoms with Crippen molar-refractivity contribution in [1.82, 2.24) is 19.9 Å². The summed E-state index contributed by atoms with van der Waals surface area (Å²) in [6, 6.07) is 3.76. The number of hydrogen-bond donors (Lipinski definition) is 3. The van der Waals surface area contributed by atoms with Gasteiger partial charge in [0.15, 0.2) is 5.95 Å². The molecule has 3 heterocycles. The molecule has 5 nitrogen and oxygen atoms in total. The van der Waals surface area contributed by atoms with Gasteiger partial charge < -0.3 is 15.7 Å². The fraction of sp³-hybridized carbons (Fsp3) is 0. The zero-order valence-electron chi connectivity index (χ0n) is 8.46. The molecule has 0 aliphatic carbocycles. The molecule has 4 N–H and O–H groups in total. The Labute approximate surface area is 113 Å². The second kappa shape index (κ2) is 3.85. The number of pyridine rings is 1. The lowest BCUT2D eigenvalue weighted by atomic mass is 10.2. The van der Waals surface area contributed by atoms with Crippen LogP contribution < -0.4 is 5.73 Å². The molecule has 3 rings (SSSR count). The molecule has 0 amide bonds. The molecule has 86 valence electrons. The quantitative estimate of drug-likeness (QED) is 0.626. The number of fused-ring (bicyclic) bond motifs is 1. The van der Waals surface area contributed by atoms with Gasteiger partial charge in [-0.25, -0.2) is 4.98 Å². The molecule has 0 bridgehead atoms. The van der Waals surface area contributed by atoms with E-state index in [0.29, 0.717) is 5.95 Å². The number of hydrogen-bond acceptors (Lipinski definition) is 3. The summed E-state index contributed by atoms with van der Waals surface area (Å²) < 4.78 is 1.80. The number of aromatic amines is 2. The number of nitrogens with two attached hydrogens (primary N) is 1. The fourth-order valence-electron chi connectivity index (χ4n) is 1.71. The van der Waals surface area contributed by atoms with Gasteiger partial charge in [0.05, 0.1) is 15.8 Å². The Morgan fingerprint density at radius 1 is 1.24 bits per heavy atom. The number of imidazole rings is 1. The van der Waals surface area contributed by atoms with Gasteiger partial charge in [0, 0.05) is 10.7 Å². The summed E-state index contributed by atoms with van der Waals surface area (Å²) in [5.41, 5.74) is 8.90. The highest BCUT2D eigenvalue weighted by Crippen LogP contribution is 2.32. The van der Waals surface area contributed by atoms with E-state index in [9.17, 15) is 0 Å². The molecule has 0 saturated heterocycles. The Morgan fingerprint density at radius 3 is 2.76 bits per heavy atom. The van der Waals surface area contributed by atoms with Crippen LogP contribution in [0.5, 0.6) is 0 Å². The van der Waals surface area contributed by atoms with Gasteiger partial charge in [-0.3, -0.25) is 4.98 Å². The van der Waals surface area contributed by atoms with E-state index in [1.807, 2.05) is 12.1 Å². The van der Waals surface area contributed by atoms with Gasteiger partial charge in [-0.1, -0.05) is 0 Å². The molecule has 0 aliphatic heterocycles. The Kier molecular flexibility index (Phi) is 2.44. The number of rotatable bonds is 1. The smallest absolute Gasteiger partial charge is 0.198 e. The van der Waals surface area contributed by atoms with E-state index >= 15 is 0 Å². The molecular formula is C10H7Br2N5. The van der Waals surface area contributed by atoms with E-state index in [1.54, 1.807) is 6.20 Å². The average Bonchev–Trinajstić information content (AvgIpc) is 2.79. The number of nitrogens with zero attached hydrogens (tertiary/aromatic N) is 2. The van der Waals surface area contributed by atoms with Gasteiger partial charge in [0.1, 0.15) is 11.2 Å². The summed E-state index contributed by atoms with van der Waals surface area (Å²) in [6.07, 6.45) is 1.72. The molecular weight excluding hydrogens is 350 g/mol. The monoisotopic (exact) mass is 355 g/mol. The third-order valence-corrected chi connectivity index (χ3v) is 3.45. The number of H-pyrrole nitrogens is 2. The van der Waals surface area contributed by atoms with Crippen LogP contribution in [-0.2, 0) is 0 Å². The number of aromatic nitrogens is 4. The first-order valence-corrected chi connectivity index (χ1v) is 6.38. The highest BCUT2D eigenvalue weighted by atomic mass is 79.9. The first-order chi connectivity index (χ1) is 8.15. The van der Waals surface area contributed by atoms with Crippen LogP contribution in [0.25, 0.3) is 22.4 Å². The highest BCUT2D eigenvalue weighted by molar-refractivity contribution is 9.11. The highest BCUT2D eigenvalue weighted by Gasteiger charge is 2.14. The van der Waals surface area contributed by atoms with Gasteiger partial charge >= 0.3 is 0 Å². The van der Waals surface area contributed by atoms with E-state index in [0.717, 1.165) is 31.5 Å². The maximum Gasteiger partial charge on any atom is 0.198 e. The minimum atomic E-state index is 0.385. The van der Waals surface area contributed by atoms with Crippen LogP contribution in [0.4, 0.5) is 5.95 Å². The lowest BCUT2D eigenvalue weighted by Crippen LogP contribution is -1.87. The van der Waals surface area contributed by atoms with Crippen molar-refractivity contribution in [3.05, 3.63) is 27.4 Å². The minimum Gasteiger partial charge on any atom is -0.369 e. The van der Waals surface area contributed by atoms with Crippen LogP contribution in [0.3, 0.4) is 0 Å². The number of anilines is 1. The maximum atomic E-state index is 5.66. The normalized spacial score (nSPS) is 11.2. The molecule has 0 atom stereocenters. The van der Waals surface area contributed by atoms with Crippen molar-refractivity contribution in [3.8, 4) is 11.4 Å². The molecule has 0 spiro atoms. The van der Waals surface area contributed by atoms with Gasteiger partial charge in [-0.2, -0.15) is 0 Å². The second-order valence-corrected chi connectivity index (χ2v) is 5.23. The third kappa shape index (κ3) is 1.75. The molecule has 0 aliphatic rings. The Balaban J connectivity index is 2.33. The van der Waals surface area contributed by atoms with Gasteiger partial charge in [-0.15, -0.1) is 0 Å². The average molecular weight is 357 g/mol. The first-order valence-electron chi connectivity index (χ1n) is 4.80. The number of nitrogen functional groups attached to an aromatic ring is 1. The molecule has 17 heavy (non-hydrogen) atoms. The Morgan fingerprint density at radius 2 is 2.06 bits per heavy atom. The molecule has 3 aromatic heterocycles.